The molecule has 1 saturated heterocycles. The first-order valence-electron chi connectivity index (χ1n) is 7.44. The van der Waals surface area contributed by atoms with Gasteiger partial charge in [-0.3, -0.25) is 4.90 Å². The maximum absolute atomic E-state index is 6.22. The Morgan fingerprint density at radius 3 is 2.89 bits per heavy atom. The lowest BCUT2D eigenvalue weighted by molar-refractivity contribution is -0.0300. The highest BCUT2D eigenvalue weighted by Gasteiger charge is 2.18. The summed E-state index contributed by atoms with van der Waals surface area (Å²) in [5, 5.41) is 0. The summed E-state index contributed by atoms with van der Waals surface area (Å²) in [6.07, 6.45) is 3.75. The Kier molecular flexibility index (Phi) is 5.83. The van der Waals surface area contributed by atoms with Gasteiger partial charge in [0, 0.05) is 19.1 Å². The van der Waals surface area contributed by atoms with Crippen molar-refractivity contribution in [3.63, 3.8) is 0 Å². The minimum Gasteiger partial charge on any atom is -0.376 e. The molecule has 2 N–H and O–H groups in total. The predicted octanol–water partition coefficient (Wildman–Crippen LogP) is 2.58. The molecule has 1 aliphatic heterocycles. The van der Waals surface area contributed by atoms with E-state index in [2.05, 4.69) is 36.1 Å². The number of hydrogen-bond donors (Lipinski definition) is 1. The van der Waals surface area contributed by atoms with Gasteiger partial charge in [-0.25, -0.2) is 0 Å². The topological polar surface area (TPSA) is 38.5 Å². The smallest absolute Gasteiger partial charge is 0.0700 e. The standard InChI is InChI=1S/C16H26N2O/c1-2-15-13-18(11-12-19-15)10-6-9-16(17)14-7-4-3-5-8-14/h3-5,7-8,15-16H,2,6,9-13,17H2,1H3. The molecule has 3 nitrogen and oxygen atoms in total. The normalized spacial score (nSPS) is 22.3. The lowest BCUT2D eigenvalue weighted by Crippen LogP contribution is -2.42. The summed E-state index contributed by atoms with van der Waals surface area (Å²) in [5.74, 6) is 0. The minimum absolute atomic E-state index is 0.171. The Morgan fingerprint density at radius 1 is 1.37 bits per heavy atom. The van der Waals surface area contributed by atoms with Gasteiger partial charge in [0.15, 0.2) is 0 Å². The molecular weight excluding hydrogens is 236 g/mol. The van der Waals surface area contributed by atoms with Gasteiger partial charge in [0.05, 0.1) is 12.7 Å². The molecule has 1 aliphatic rings. The number of hydrogen-bond acceptors (Lipinski definition) is 3. The lowest BCUT2D eigenvalue weighted by atomic mass is 10.0. The van der Waals surface area contributed by atoms with Crippen molar-refractivity contribution in [2.75, 3.05) is 26.2 Å². The third-order valence-corrected chi connectivity index (χ3v) is 3.90. The van der Waals surface area contributed by atoms with Gasteiger partial charge in [-0.15, -0.1) is 0 Å². The maximum atomic E-state index is 6.22. The average Bonchev–Trinajstić information content (AvgIpc) is 2.48. The zero-order valence-corrected chi connectivity index (χ0v) is 11.9. The van der Waals surface area contributed by atoms with E-state index in [9.17, 15) is 0 Å². The van der Waals surface area contributed by atoms with E-state index in [1.807, 2.05) is 6.07 Å². The molecule has 0 spiro atoms. The molecule has 2 unspecified atom stereocenters. The molecular formula is C16H26N2O. The molecule has 2 rings (SSSR count). The van der Waals surface area contributed by atoms with E-state index >= 15 is 0 Å². The van der Waals surface area contributed by atoms with E-state index in [0.717, 1.165) is 45.5 Å². The number of rotatable bonds is 6. The van der Waals surface area contributed by atoms with E-state index in [4.69, 9.17) is 10.5 Å². The highest BCUT2D eigenvalue weighted by Crippen LogP contribution is 2.16. The molecule has 19 heavy (non-hydrogen) atoms. The quantitative estimate of drug-likeness (QED) is 0.856. The van der Waals surface area contributed by atoms with Crippen molar-refractivity contribution in [3.8, 4) is 0 Å². The first kappa shape index (κ1) is 14.5. The van der Waals surface area contributed by atoms with Gasteiger partial charge in [0.25, 0.3) is 0 Å². The van der Waals surface area contributed by atoms with E-state index in [-0.39, 0.29) is 6.04 Å². The summed E-state index contributed by atoms with van der Waals surface area (Å²) in [5.41, 5.74) is 7.47. The zero-order chi connectivity index (χ0) is 13.5. The third kappa shape index (κ3) is 4.60. The molecule has 1 aromatic rings. The molecule has 1 aromatic carbocycles. The van der Waals surface area contributed by atoms with Crippen LogP contribution in [0, 0.1) is 0 Å². The second kappa shape index (κ2) is 7.63. The highest BCUT2D eigenvalue weighted by atomic mass is 16.5. The SMILES string of the molecule is CCC1CN(CCCC(N)c2ccccc2)CCO1. The molecule has 0 amide bonds. The summed E-state index contributed by atoms with van der Waals surface area (Å²) in [4.78, 5) is 2.51. The number of nitrogens with two attached hydrogens (primary N) is 1. The van der Waals surface area contributed by atoms with Gasteiger partial charge < -0.3 is 10.5 Å². The Labute approximate surface area is 116 Å². The Bertz CT molecular complexity index is 355. The average molecular weight is 262 g/mol. The molecule has 0 saturated carbocycles. The number of morpholine rings is 1. The maximum Gasteiger partial charge on any atom is 0.0700 e. The molecule has 0 bridgehead atoms. The van der Waals surface area contributed by atoms with Gasteiger partial charge in [-0.05, 0) is 31.4 Å². The van der Waals surface area contributed by atoms with Crippen molar-refractivity contribution < 1.29 is 4.74 Å². The van der Waals surface area contributed by atoms with Crippen LogP contribution in [0.5, 0.6) is 0 Å². The third-order valence-electron chi connectivity index (χ3n) is 3.90. The number of ether oxygens (including phenoxy) is 1. The molecule has 1 fully saturated rings. The lowest BCUT2D eigenvalue weighted by Gasteiger charge is -2.32. The number of benzene rings is 1. The van der Waals surface area contributed by atoms with E-state index in [0.29, 0.717) is 6.10 Å². The number of nitrogens with zero attached hydrogens (tertiary/aromatic N) is 1. The second-order valence-electron chi connectivity index (χ2n) is 5.36. The van der Waals surface area contributed by atoms with Crippen LogP contribution in [-0.4, -0.2) is 37.2 Å². The van der Waals surface area contributed by atoms with Crippen molar-refractivity contribution in [2.45, 2.75) is 38.3 Å². The molecule has 3 heteroatoms. The largest absolute Gasteiger partial charge is 0.376 e. The van der Waals surface area contributed by atoms with Crippen LogP contribution in [0.3, 0.4) is 0 Å². The molecule has 106 valence electrons. The monoisotopic (exact) mass is 262 g/mol. The van der Waals surface area contributed by atoms with Crippen LogP contribution in [0.15, 0.2) is 30.3 Å². The molecule has 2 atom stereocenters. The van der Waals surface area contributed by atoms with Crippen LogP contribution < -0.4 is 5.73 Å². The van der Waals surface area contributed by atoms with Crippen molar-refractivity contribution in [3.05, 3.63) is 35.9 Å². The Morgan fingerprint density at radius 2 is 2.16 bits per heavy atom. The van der Waals surface area contributed by atoms with Gasteiger partial charge in [0.1, 0.15) is 0 Å². The summed E-state index contributed by atoms with van der Waals surface area (Å²) < 4.78 is 5.69. The van der Waals surface area contributed by atoms with Gasteiger partial charge in [-0.2, -0.15) is 0 Å². The molecule has 1 heterocycles. The predicted molar refractivity (Wildman–Crippen MR) is 79.1 cm³/mol. The van der Waals surface area contributed by atoms with Crippen LogP contribution in [0.1, 0.15) is 37.8 Å². The first-order valence-corrected chi connectivity index (χ1v) is 7.44. The molecule has 0 radical (unpaired) electrons. The van der Waals surface area contributed by atoms with Gasteiger partial charge in [-0.1, -0.05) is 37.3 Å². The van der Waals surface area contributed by atoms with Gasteiger partial charge >= 0.3 is 0 Å². The van der Waals surface area contributed by atoms with E-state index in [1.54, 1.807) is 0 Å². The molecule has 0 aromatic heterocycles. The van der Waals surface area contributed by atoms with Crippen molar-refractivity contribution in [1.29, 1.82) is 0 Å². The zero-order valence-electron chi connectivity index (χ0n) is 11.9. The summed E-state index contributed by atoms with van der Waals surface area (Å²) >= 11 is 0. The fourth-order valence-electron chi connectivity index (χ4n) is 2.63. The first-order chi connectivity index (χ1) is 9.29. The van der Waals surface area contributed by atoms with Crippen LogP contribution in [0.4, 0.5) is 0 Å². The van der Waals surface area contributed by atoms with E-state index in [1.165, 1.54) is 5.56 Å². The Balaban J connectivity index is 1.69. The molecule has 0 aliphatic carbocycles. The second-order valence-corrected chi connectivity index (χ2v) is 5.36. The fourth-order valence-corrected chi connectivity index (χ4v) is 2.63. The Hall–Kier alpha value is -0.900. The van der Waals surface area contributed by atoms with Crippen LogP contribution in [0.2, 0.25) is 0 Å². The fraction of sp³-hybridized carbons (Fsp3) is 0.625. The summed E-state index contributed by atoms with van der Waals surface area (Å²) in [6.45, 7) is 6.36. The van der Waals surface area contributed by atoms with Crippen molar-refractivity contribution in [2.24, 2.45) is 5.73 Å². The van der Waals surface area contributed by atoms with Crippen molar-refractivity contribution in [1.82, 2.24) is 4.90 Å². The van der Waals surface area contributed by atoms with Crippen LogP contribution in [0.25, 0.3) is 0 Å². The minimum atomic E-state index is 0.171. The van der Waals surface area contributed by atoms with Crippen LogP contribution in [-0.2, 0) is 4.74 Å². The van der Waals surface area contributed by atoms with Crippen LogP contribution >= 0.6 is 0 Å². The van der Waals surface area contributed by atoms with Gasteiger partial charge in [0.2, 0.25) is 0 Å². The summed E-state index contributed by atoms with van der Waals surface area (Å²) in [6, 6.07) is 10.6. The summed E-state index contributed by atoms with van der Waals surface area (Å²) in [7, 11) is 0. The van der Waals surface area contributed by atoms with Crippen molar-refractivity contribution >= 4 is 0 Å². The highest BCUT2D eigenvalue weighted by molar-refractivity contribution is 5.18. The van der Waals surface area contributed by atoms with E-state index < -0.39 is 0 Å².